The highest BCUT2D eigenvalue weighted by atomic mass is 16.5. The lowest BCUT2D eigenvalue weighted by Crippen LogP contribution is -2.54. The summed E-state index contributed by atoms with van der Waals surface area (Å²) in [5, 5.41) is 15.2. The molecule has 2 aromatic heterocycles. The lowest BCUT2D eigenvalue weighted by Gasteiger charge is -2.35. The SMILES string of the molecule is CC(C)N1CCCN(c2nc(-c3ccc(N(C(=O)Nc4ccc(C(=O)N5CCNCC5)cc4)N(C(=O)Nc4ccc(C(=O)N5CCNCC5C)cc4)c4ccc(-c5nc(N6CCOCC6)nc(N6CCOCC6)n5)cc4)cc3)nc(N3CCOCC3)n2)CC1. The van der Waals surface area contributed by atoms with Gasteiger partial charge in [-0.3, -0.25) is 14.5 Å². The summed E-state index contributed by atoms with van der Waals surface area (Å²) < 4.78 is 17.1. The van der Waals surface area contributed by atoms with Crippen molar-refractivity contribution < 1.29 is 33.4 Å². The predicted molar refractivity (Wildman–Crippen MR) is 341 cm³/mol. The molecule has 89 heavy (non-hydrogen) atoms. The van der Waals surface area contributed by atoms with E-state index in [0.717, 1.165) is 32.6 Å². The fraction of sp³-hybridized carbons (Fsp3) is 0.460. The van der Waals surface area contributed by atoms with Crippen molar-refractivity contribution in [1.29, 1.82) is 0 Å². The van der Waals surface area contributed by atoms with E-state index in [1.807, 2.05) is 36.1 Å². The molecule has 0 radical (unpaired) electrons. The van der Waals surface area contributed by atoms with Crippen molar-refractivity contribution in [2.45, 2.75) is 39.3 Å². The number of benzene rings is 4. The largest absolute Gasteiger partial charge is 0.378 e. The highest BCUT2D eigenvalue weighted by Gasteiger charge is 2.33. The van der Waals surface area contributed by atoms with E-state index in [-0.39, 0.29) is 17.9 Å². The fourth-order valence-electron chi connectivity index (χ4n) is 11.7. The molecule has 1 unspecified atom stereocenters. The summed E-state index contributed by atoms with van der Waals surface area (Å²) in [6.45, 7) is 21.3. The molecule has 6 fully saturated rings. The molecule has 6 aromatic rings. The molecule has 26 nitrogen and oxygen atoms in total. The first-order valence-corrected chi connectivity index (χ1v) is 31.1. The number of anilines is 8. The van der Waals surface area contributed by atoms with Gasteiger partial charge in [0.1, 0.15) is 0 Å². The Morgan fingerprint density at radius 3 is 1.31 bits per heavy atom. The van der Waals surface area contributed by atoms with Crippen LogP contribution in [0.25, 0.3) is 22.8 Å². The van der Waals surface area contributed by atoms with Crippen LogP contribution in [0, 0.1) is 0 Å². The molecular formula is C63H79N19O7. The second kappa shape index (κ2) is 28.2. The Morgan fingerprint density at radius 2 is 0.888 bits per heavy atom. The van der Waals surface area contributed by atoms with E-state index in [1.165, 1.54) is 10.0 Å². The maximum Gasteiger partial charge on any atom is 0.345 e. The third-order valence-electron chi connectivity index (χ3n) is 16.9. The van der Waals surface area contributed by atoms with Crippen molar-refractivity contribution in [2.75, 3.05) is 191 Å². The van der Waals surface area contributed by atoms with Crippen LogP contribution in [-0.4, -0.2) is 231 Å². The van der Waals surface area contributed by atoms with Crippen molar-refractivity contribution in [2.24, 2.45) is 0 Å². The van der Waals surface area contributed by atoms with E-state index in [0.29, 0.717) is 211 Å². The van der Waals surface area contributed by atoms with E-state index >= 15 is 9.59 Å². The first kappa shape index (κ1) is 60.6. The third kappa shape index (κ3) is 14.4. The van der Waals surface area contributed by atoms with Gasteiger partial charge in [0.05, 0.1) is 51.0 Å². The molecule has 6 aliphatic rings. The molecule has 0 spiro atoms. The summed E-state index contributed by atoms with van der Waals surface area (Å²) >= 11 is 0. The average Bonchev–Trinajstić information content (AvgIpc) is 3.29. The van der Waals surface area contributed by atoms with Gasteiger partial charge in [-0.2, -0.15) is 39.9 Å². The second-order valence-electron chi connectivity index (χ2n) is 23.1. The van der Waals surface area contributed by atoms with Crippen LogP contribution in [0.4, 0.5) is 56.1 Å². The van der Waals surface area contributed by atoms with E-state index in [9.17, 15) is 9.59 Å². The Kier molecular flexibility index (Phi) is 19.2. The van der Waals surface area contributed by atoms with Crippen LogP contribution in [0.5, 0.6) is 0 Å². The number of nitrogens with zero attached hydrogens (tertiary/aromatic N) is 15. The molecule has 4 aromatic carbocycles. The fourth-order valence-corrected chi connectivity index (χ4v) is 11.7. The zero-order valence-electron chi connectivity index (χ0n) is 50.9. The number of piperazine rings is 2. The summed E-state index contributed by atoms with van der Waals surface area (Å²) in [4.78, 5) is 103. The van der Waals surface area contributed by atoms with Gasteiger partial charge in [0.15, 0.2) is 11.6 Å². The molecule has 12 rings (SSSR count). The van der Waals surface area contributed by atoms with Gasteiger partial charge >= 0.3 is 12.1 Å². The van der Waals surface area contributed by atoms with Gasteiger partial charge < -0.3 is 64.9 Å². The Hall–Kier alpha value is -8.66. The van der Waals surface area contributed by atoms with Crippen LogP contribution in [0.1, 0.15) is 47.9 Å². The zero-order valence-corrected chi connectivity index (χ0v) is 50.9. The number of nitrogens with one attached hydrogen (secondary N) is 4. The van der Waals surface area contributed by atoms with Gasteiger partial charge in [0.2, 0.25) is 23.8 Å². The molecule has 1 atom stereocenters. The molecule has 8 heterocycles. The molecule has 0 bridgehead atoms. The van der Waals surface area contributed by atoms with Crippen molar-refractivity contribution in [3.05, 3.63) is 108 Å². The monoisotopic (exact) mass is 1210 g/mol. The number of amides is 6. The molecule has 0 aliphatic carbocycles. The van der Waals surface area contributed by atoms with Gasteiger partial charge in [-0.1, -0.05) is 0 Å². The molecule has 26 heteroatoms. The minimum atomic E-state index is -0.709. The molecule has 6 saturated heterocycles. The van der Waals surface area contributed by atoms with Crippen LogP contribution in [0.2, 0.25) is 0 Å². The first-order chi connectivity index (χ1) is 43.5. The number of hydrogen-bond acceptors (Lipinski definition) is 20. The number of urea groups is 2. The Bertz CT molecular complexity index is 3360. The number of morpholine rings is 3. The van der Waals surface area contributed by atoms with Gasteiger partial charge in [-0.25, -0.2) is 9.59 Å². The van der Waals surface area contributed by atoms with Gasteiger partial charge in [0.25, 0.3) is 11.8 Å². The molecule has 6 aliphatic heterocycles. The number of hydrogen-bond donors (Lipinski definition) is 4. The van der Waals surface area contributed by atoms with Crippen molar-refractivity contribution in [1.82, 2.24) is 55.2 Å². The number of ether oxygens (including phenoxy) is 3. The highest BCUT2D eigenvalue weighted by Crippen LogP contribution is 2.32. The quantitative estimate of drug-likeness (QED) is 0.111. The number of carbonyl (C=O) groups excluding carboxylic acids is 4. The standard InChI is InChI=1S/C63H79N19O7/c1-44(2)74-24-4-25-76(30-29-74)58-68-54(69-59(72-58)77-31-37-87-38-32-77)46-9-17-52(18-10-46)81(62(85)66-50-13-5-48(6-14-50)56(83)75-26-21-64-22-27-75)82(63(86)67-51-15-7-49(8-16-51)57(84)80-28-23-65-43-45(80)3)53-19-11-47(12-20-53)55-70-60(78-33-39-88-40-34-78)73-61(71-55)79-35-41-89-42-36-79/h5-20,44-45,64-65H,4,21-43H2,1-3H3,(H,66,85)(H,67,86). The highest BCUT2D eigenvalue weighted by molar-refractivity contribution is 6.13. The zero-order chi connectivity index (χ0) is 61.2. The van der Waals surface area contributed by atoms with Crippen LogP contribution < -0.4 is 50.9 Å². The molecule has 468 valence electrons. The minimum Gasteiger partial charge on any atom is -0.378 e. The Balaban J connectivity index is 0.928. The molecule has 6 amide bonds. The van der Waals surface area contributed by atoms with Crippen molar-refractivity contribution in [3.63, 3.8) is 0 Å². The van der Waals surface area contributed by atoms with Gasteiger partial charge in [-0.05, 0) is 124 Å². The number of hydrazine groups is 1. The molecule has 4 N–H and O–H groups in total. The maximum absolute atomic E-state index is 15.6. The summed E-state index contributed by atoms with van der Waals surface area (Å²) in [7, 11) is 0. The smallest absolute Gasteiger partial charge is 0.345 e. The van der Waals surface area contributed by atoms with Crippen molar-refractivity contribution in [3.8, 4) is 22.8 Å². The summed E-state index contributed by atoms with van der Waals surface area (Å²) in [6, 6.07) is 26.8. The van der Waals surface area contributed by atoms with Crippen LogP contribution >= 0.6 is 0 Å². The number of rotatable bonds is 13. The van der Waals surface area contributed by atoms with E-state index < -0.39 is 12.1 Å². The topological polar surface area (TPSA) is 251 Å². The first-order valence-electron chi connectivity index (χ1n) is 31.1. The average molecular weight is 1210 g/mol. The normalized spacial score (nSPS) is 18.8. The lowest BCUT2D eigenvalue weighted by molar-refractivity contribution is 0.0655. The summed E-state index contributed by atoms with van der Waals surface area (Å²) in [6.07, 6.45) is 0.953. The summed E-state index contributed by atoms with van der Waals surface area (Å²) in [5.74, 6) is 2.85. The van der Waals surface area contributed by atoms with E-state index in [4.69, 9.17) is 44.1 Å². The summed E-state index contributed by atoms with van der Waals surface area (Å²) in [5.41, 5.74) is 3.60. The van der Waals surface area contributed by atoms with Crippen LogP contribution in [0.3, 0.4) is 0 Å². The maximum atomic E-state index is 15.6. The second-order valence-corrected chi connectivity index (χ2v) is 23.1. The molecule has 0 saturated carbocycles. The lowest BCUT2D eigenvalue weighted by atomic mass is 10.1. The van der Waals surface area contributed by atoms with E-state index in [1.54, 1.807) is 77.7 Å². The van der Waals surface area contributed by atoms with Crippen LogP contribution in [-0.2, 0) is 14.2 Å². The minimum absolute atomic E-state index is 0.00567. The van der Waals surface area contributed by atoms with Gasteiger partial charge in [-0.15, -0.1) is 0 Å². The molecular weight excluding hydrogens is 1130 g/mol. The van der Waals surface area contributed by atoms with Crippen molar-refractivity contribution >= 4 is 70.4 Å². The Morgan fingerprint density at radius 1 is 0.472 bits per heavy atom. The number of carbonyl (C=O) groups is 4. The Labute approximate surface area is 518 Å². The third-order valence-corrected chi connectivity index (χ3v) is 16.9. The predicted octanol–water partition coefficient (Wildman–Crippen LogP) is 4.99. The number of aromatic nitrogens is 6. The van der Waals surface area contributed by atoms with Gasteiger partial charge in [0, 0.05) is 157 Å². The van der Waals surface area contributed by atoms with E-state index in [2.05, 4.69) is 59.6 Å². The van der Waals surface area contributed by atoms with Crippen LogP contribution in [0.15, 0.2) is 97.1 Å².